The minimum atomic E-state index is -0.371. The fourth-order valence-electron chi connectivity index (χ4n) is 6.43. The topological polar surface area (TPSA) is 77.2 Å². The van der Waals surface area contributed by atoms with Gasteiger partial charge in [0.2, 0.25) is 0 Å². The molecule has 0 aromatic carbocycles. The second kappa shape index (κ2) is 9.21. The molecule has 2 fully saturated rings. The normalized spacial score (nSPS) is 32.5. The monoisotopic (exact) mass is 417 g/mol. The molecule has 2 aliphatic rings. The molecule has 0 radical (unpaired) electrons. The smallest absolute Gasteiger partial charge is 0.311 e. The van der Waals surface area contributed by atoms with Crippen LogP contribution in [0.25, 0.3) is 0 Å². The molecule has 1 heterocycles. The molecule has 0 bridgehead atoms. The molecule has 30 heavy (non-hydrogen) atoms. The summed E-state index contributed by atoms with van der Waals surface area (Å²) in [5.74, 6) is 1.37. The lowest BCUT2D eigenvalue weighted by Gasteiger charge is -2.57. The molecule has 0 saturated heterocycles. The van der Waals surface area contributed by atoms with Crippen molar-refractivity contribution in [2.45, 2.75) is 85.3 Å². The Kier molecular flexibility index (Phi) is 7.05. The molecule has 1 N–H and O–H groups in total. The van der Waals surface area contributed by atoms with Crippen LogP contribution in [0.1, 0.15) is 77.8 Å². The Morgan fingerprint density at radius 1 is 1.40 bits per heavy atom. The zero-order valence-electron chi connectivity index (χ0n) is 19.2. The van der Waals surface area contributed by atoms with E-state index in [0.29, 0.717) is 23.4 Å². The highest BCUT2D eigenvalue weighted by molar-refractivity contribution is 5.77. The number of aryl methyl sites for hydroxylation is 1. The molecule has 1 aromatic heterocycles. The Hall–Kier alpha value is -1.69. The van der Waals surface area contributed by atoms with Gasteiger partial charge < -0.3 is 9.84 Å². The number of aromatic nitrogens is 3. The molecule has 1 unspecified atom stereocenters. The van der Waals surface area contributed by atoms with Crippen molar-refractivity contribution in [3.8, 4) is 0 Å². The van der Waals surface area contributed by atoms with E-state index in [1.54, 1.807) is 0 Å². The fourth-order valence-corrected chi connectivity index (χ4v) is 6.43. The molecule has 3 rings (SSSR count). The summed E-state index contributed by atoms with van der Waals surface area (Å²) in [6.45, 7) is 12.1. The van der Waals surface area contributed by atoms with Crippen LogP contribution in [0.3, 0.4) is 0 Å². The molecular formula is C24H39N3O3. The van der Waals surface area contributed by atoms with E-state index in [-0.39, 0.29) is 23.4 Å². The van der Waals surface area contributed by atoms with E-state index in [1.807, 2.05) is 10.9 Å². The lowest BCUT2D eigenvalue weighted by molar-refractivity contribution is -0.168. The number of rotatable bonds is 8. The fraction of sp³-hybridized carbons (Fsp3) is 0.792. The average molecular weight is 418 g/mol. The van der Waals surface area contributed by atoms with Gasteiger partial charge in [-0.25, -0.2) is 0 Å². The molecule has 1 aromatic rings. The summed E-state index contributed by atoms with van der Waals surface area (Å²) in [6, 6.07) is 0. The third-order valence-electron chi connectivity index (χ3n) is 8.22. The molecule has 0 aliphatic heterocycles. The molecule has 0 spiro atoms. The predicted molar refractivity (Wildman–Crippen MR) is 116 cm³/mol. The summed E-state index contributed by atoms with van der Waals surface area (Å²) < 4.78 is 7.06. The number of esters is 1. The predicted octanol–water partition coefficient (Wildman–Crippen LogP) is 4.53. The molecular weight excluding hydrogens is 378 g/mol. The SMILES string of the molecule is C=C1CCC2[C@](C)(CCC[C@]2(C)C(=O)OC)[C@H]1CC[C@@H](C)CCn1cc(CO)nn1. The van der Waals surface area contributed by atoms with Crippen molar-refractivity contribution in [1.82, 2.24) is 15.0 Å². The number of allylic oxidation sites excluding steroid dienone is 1. The number of aliphatic hydroxyl groups excluding tert-OH is 1. The second-order valence-electron chi connectivity index (χ2n) is 10.2. The molecule has 168 valence electrons. The van der Waals surface area contributed by atoms with Gasteiger partial charge in [0.05, 0.1) is 25.3 Å². The summed E-state index contributed by atoms with van der Waals surface area (Å²) in [7, 11) is 1.53. The molecule has 0 amide bonds. The van der Waals surface area contributed by atoms with E-state index in [4.69, 9.17) is 9.84 Å². The van der Waals surface area contributed by atoms with Crippen molar-refractivity contribution in [2.75, 3.05) is 7.11 Å². The summed E-state index contributed by atoms with van der Waals surface area (Å²) in [6.07, 6.45) is 10.4. The van der Waals surface area contributed by atoms with E-state index >= 15 is 0 Å². The maximum Gasteiger partial charge on any atom is 0.311 e. The van der Waals surface area contributed by atoms with Gasteiger partial charge in [-0.15, -0.1) is 5.10 Å². The number of methoxy groups -OCH3 is 1. The van der Waals surface area contributed by atoms with Gasteiger partial charge in [-0.2, -0.15) is 0 Å². The Balaban J connectivity index is 1.64. The van der Waals surface area contributed by atoms with Gasteiger partial charge >= 0.3 is 5.97 Å². The van der Waals surface area contributed by atoms with Crippen LogP contribution in [0.4, 0.5) is 0 Å². The number of nitrogens with zero attached hydrogens (tertiary/aromatic N) is 3. The lowest BCUT2D eigenvalue weighted by atomic mass is 9.46. The standard InChI is InChI=1S/C24H39N3O3/c1-17(11-14-27-15-19(16-28)25-26-27)7-9-20-18(2)8-10-21-23(20,3)12-6-13-24(21,4)22(29)30-5/h15,17,20-21,28H,2,6-14,16H2,1,3-5H3/t17-,20+,21?,23-,24+/m1/s1. The van der Waals surface area contributed by atoms with Crippen molar-refractivity contribution in [2.24, 2.45) is 28.6 Å². The minimum Gasteiger partial charge on any atom is -0.469 e. The molecule has 2 aliphatic carbocycles. The molecule has 6 heteroatoms. The van der Waals surface area contributed by atoms with Crippen LogP contribution in [0, 0.1) is 28.6 Å². The van der Waals surface area contributed by atoms with E-state index in [0.717, 1.165) is 51.5 Å². The first kappa shape index (κ1) is 23.0. The number of hydrogen-bond acceptors (Lipinski definition) is 5. The third-order valence-corrected chi connectivity index (χ3v) is 8.22. The van der Waals surface area contributed by atoms with Crippen LogP contribution in [-0.4, -0.2) is 33.2 Å². The van der Waals surface area contributed by atoms with Crippen LogP contribution < -0.4 is 0 Å². The number of carbonyl (C=O) groups is 1. The van der Waals surface area contributed by atoms with Crippen LogP contribution >= 0.6 is 0 Å². The van der Waals surface area contributed by atoms with Gasteiger partial charge in [0, 0.05) is 6.54 Å². The van der Waals surface area contributed by atoms with Crippen LogP contribution in [-0.2, 0) is 22.7 Å². The Morgan fingerprint density at radius 3 is 2.83 bits per heavy atom. The Labute approximate surface area is 181 Å². The van der Waals surface area contributed by atoms with Crippen LogP contribution in [0.15, 0.2) is 18.3 Å². The van der Waals surface area contributed by atoms with Crippen molar-refractivity contribution < 1.29 is 14.6 Å². The first-order valence-electron chi connectivity index (χ1n) is 11.5. The second-order valence-corrected chi connectivity index (χ2v) is 10.2. The summed E-state index contributed by atoms with van der Waals surface area (Å²) in [5.41, 5.74) is 1.74. The zero-order valence-corrected chi connectivity index (χ0v) is 19.2. The highest BCUT2D eigenvalue weighted by Crippen LogP contribution is 2.62. The highest BCUT2D eigenvalue weighted by atomic mass is 16.5. The first-order chi connectivity index (χ1) is 14.2. The first-order valence-corrected chi connectivity index (χ1v) is 11.5. The third kappa shape index (κ3) is 4.34. The van der Waals surface area contributed by atoms with Gasteiger partial charge in [0.1, 0.15) is 5.69 Å². The highest BCUT2D eigenvalue weighted by Gasteiger charge is 2.57. The van der Waals surface area contributed by atoms with Crippen molar-refractivity contribution in [3.63, 3.8) is 0 Å². The lowest BCUT2D eigenvalue weighted by Crippen LogP contribution is -2.53. The van der Waals surface area contributed by atoms with E-state index < -0.39 is 0 Å². The summed E-state index contributed by atoms with van der Waals surface area (Å²) >= 11 is 0. The minimum absolute atomic E-state index is 0.0341. The molecule has 6 nitrogen and oxygen atoms in total. The maximum atomic E-state index is 12.7. The summed E-state index contributed by atoms with van der Waals surface area (Å²) in [5, 5.41) is 17.2. The van der Waals surface area contributed by atoms with Gasteiger partial charge in [-0.05, 0) is 68.6 Å². The van der Waals surface area contributed by atoms with Gasteiger partial charge in [0.15, 0.2) is 0 Å². The van der Waals surface area contributed by atoms with Gasteiger partial charge in [-0.3, -0.25) is 9.48 Å². The number of hydrogen-bond donors (Lipinski definition) is 1. The van der Waals surface area contributed by atoms with E-state index in [9.17, 15) is 4.79 Å². The Bertz CT molecular complexity index is 761. The zero-order chi connectivity index (χ0) is 21.9. The number of carbonyl (C=O) groups excluding carboxylic acids is 1. The van der Waals surface area contributed by atoms with Crippen LogP contribution in [0.2, 0.25) is 0 Å². The van der Waals surface area contributed by atoms with E-state index in [2.05, 4.69) is 37.7 Å². The largest absolute Gasteiger partial charge is 0.469 e. The van der Waals surface area contributed by atoms with Gasteiger partial charge in [-0.1, -0.05) is 44.1 Å². The van der Waals surface area contributed by atoms with Crippen molar-refractivity contribution >= 4 is 5.97 Å². The summed E-state index contributed by atoms with van der Waals surface area (Å²) in [4.78, 5) is 12.7. The average Bonchev–Trinajstić information content (AvgIpc) is 3.19. The van der Waals surface area contributed by atoms with Crippen molar-refractivity contribution in [3.05, 3.63) is 24.0 Å². The molecule has 5 atom stereocenters. The van der Waals surface area contributed by atoms with E-state index in [1.165, 1.54) is 19.1 Å². The van der Waals surface area contributed by atoms with Crippen molar-refractivity contribution in [1.29, 1.82) is 0 Å². The van der Waals surface area contributed by atoms with Crippen LogP contribution in [0.5, 0.6) is 0 Å². The quantitative estimate of drug-likeness (QED) is 0.497. The number of aliphatic hydroxyl groups is 1. The van der Waals surface area contributed by atoms with Gasteiger partial charge in [0.25, 0.3) is 0 Å². The number of fused-ring (bicyclic) bond motifs is 1. The molecule has 2 saturated carbocycles. The maximum absolute atomic E-state index is 12.7. The number of ether oxygens (including phenoxy) is 1. The Morgan fingerprint density at radius 2 is 2.17 bits per heavy atom.